The molecule has 2 heterocycles. The molecule has 0 bridgehead atoms. The average molecular weight is 1510 g/mol. The molecule has 2 aliphatic rings. The van der Waals surface area contributed by atoms with Gasteiger partial charge in [-0.05, 0) is 260 Å². The number of benzene rings is 11. The highest BCUT2D eigenvalue weighted by Gasteiger charge is 2.16. The number of nitrogen functional groups attached to an aromatic ring is 1. The summed E-state index contributed by atoms with van der Waals surface area (Å²) in [6, 6.07) is 84.9. The van der Waals surface area contributed by atoms with Gasteiger partial charge in [-0.1, -0.05) is 115 Å². The van der Waals surface area contributed by atoms with Crippen molar-refractivity contribution in [3.8, 4) is 51.6 Å². The summed E-state index contributed by atoms with van der Waals surface area (Å²) in [6.07, 6.45) is 6.48. The Labute approximate surface area is 654 Å². The number of amidine groups is 2. The Morgan fingerprint density at radius 1 is 0.342 bits per heavy atom. The first-order valence-electron chi connectivity index (χ1n) is 35.7. The van der Waals surface area contributed by atoms with Crippen LogP contribution in [0.4, 0.5) is 28.4 Å². The molecule has 12 N–H and O–H groups in total. The number of amides is 4. The van der Waals surface area contributed by atoms with Crippen molar-refractivity contribution >= 4 is 97.4 Å². The number of hydrogen-bond acceptors (Lipinski definition) is 16. The minimum atomic E-state index is -0.482. The van der Waals surface area contributed by atoms with Gasteiger partial charge in [0.25, 0.3) is 34.1 Å². The van der Waals surface area contributed by atoms with E-state index in [9.17, 15) is 28.8 Å². The number of nitriles is 3. The number of nitrogens with one attached hydrogen (secondary N) is 6. The summed E-state index contributed by atoms with van der Waals surface area (Å²) in [4.78, 5) is 82.1. The maximum atomic E-state index is 13.0. The normalized spacial score (nSPS) is 11.8. The second-order valence-electron chi connectivity index (χ2n) is 25.1. The molecule has 11 aromatic carbocycles. The van der Waals surface area contributed by atoms with Crippen molar-refractivity contribution in [3.63, 3.8) is 0 Å². The summed E-state index contributed by atoms with van der Waals surface area (Å²) in [6.45, 7) is 4.98. The third kappa shape index (κ3) is 25.5. The number of nitrogens with zero attached hydrogens (tertiary/aromatic N) is 5. The number of carbonyl (C=O) groups excluding carboxylic acids is 6. The van der Waals surface area contributed by atoms with Gasteiger partial charge in [0.1, 0.15) is 11.7 Å². The molecule has 0 aromatic heterocycles. The van der Waals surface area contributed by atoms with Crippen LogP contribution < -0.4 is 49.1 Å². The maximum absolute atomic E-state index is 13.0. The van der Waals surface area contributed by atoms with Gasteiger partial charge in [0.05, 0.1) is 34.9 Å². The molecule has 0 spiro atoms. The zero-order valence-corrected chi connectivity index (χ0v) is 62.1. The Morgan fingerprint density at radius 2 is 0.613 bits per heavy atom. The van der Waals surface area contributed by atoms with Gasteiger partial charge >= 0.3 is 0 Å². The third-order valence-corrected chi connectivity index (χ3v) is 17.5. The molecule has 2 aliphatic heterocycles. The molecular formula is C89H80Cl2N14O6. The van der Waals surface area contributed by atoms with Gasteiger partial charge in [0.15, 0.2) is 0 Å². The van der Waals surface area contributed by atoms with E-state index in [2.05, 4.69) is 41.9 Å². The van der Waals surface area contributed by atoms with Gasteiger partial charge in [-0.15, -0.1) is 0 Å². The van der Waals surface area contributed by atoms with Gasteiger partial charge in [0.2, 0.25) is 0 Å². The van der Waals surface area contributed by atoms with E-state index in [1.54, 1.807) is 146 Å². The van der Waals surface area contributed by atoms with Crippen molar-refractivity contribution in [3.05, 3.63) is 328 Å². The highest BCUT2D eigenvalue weighted by Crippen LogP contribution is 2.27. The van der Waals surface area contributed by atoms with E-state index in [0.717, 1.165) is 145 Å². The van der Waals surface area contributed by atoms with E-state index in [-0.39, 0.29) is 23.6 Å². The predicted octanol–water partition coefficient (Wildman–Crippen LogP) is 16.7. The van der Waals surface area contributed by atoms with E-state index < -0.39 is 10.5 Å². The summed E-state index contributed by atoms with van der Waals surface area (Å²) in [5, 5.41) is 43.7. The molecule has 0 unspecified atom stereocenters. The van der Waals surface area contributed by atoms with Gasteiger partial charge < -0.3 is 49.1 Å². The number of aliphatic imine (C=N–C) groups is 2. The number of anilines is 5. The smallest absolute Gasteiger partial charge is 0.255 e. The quantitative estimate of drug-likeness (QED) is 0.0219. The molecule has 0 saturated heterocycles. The Bertz CT molecular complexity index is 4930. The number of halogens is 2. The molecule has 0 fully saturated rings. The van der Waals surface area contributed by atoms with Crippen molar-refractivity contribution in [2.45, 2.75) is 38.5 Å². The van der Waals surface area contributed by atoms with Crippen molar-refractivity contribution in [2.24, 2.45) is 21.5 Å². The largest absolute Gasteiger partial charge is 0.399 e. The Kier molecular flexibility index (Phi) is 31.3. The van der Waals surface area contributed by atoms with E-state index in [4.69, 9.17) is 56.2 Å². The average Bonchev–Trinajstić information content (AvgIpc) is 1.16. The lowest BCUT2D eigenvalue weighted by Gasteiger charge is -2.11. The van der Waals surface area contributed by atoms with Crippen LogP contribution in [-0.2, 0) is 0 Å². The van der Waals surface area contributed by atoms with Crippen LogP contribution in [0.15, 0.2) is 277 Å². The van der Waals surface area contributed by atoms with E-state index in [0.29, 0.717) is 67.1 Å². The summed E-state index contributed by atoms with van der Waals surface area (Å²) < 4.78 is 0. The van der Waals surface area contributed by atoms with Crippen LogP contribution in [0.2, 0.25) is 0 Å². The van der Waals surface area contributed by atoms with Crippen LogP contribution in [0.25, 0.3) is 33.4 Å². The lowest BCUT2D eigenvalue weighted by molar-refractivity contribution is 0.101. The topological polar surface area (TPSA) is 349 Å². The molecule has 0 atom stereocenters. The van der Waals surface area contributed by atoms with Crippen molar-refractivity contribution in [1.82, 2.24) is 10.6 Å². The van der Waals surface area contributed by atoms with Crippen LogP contribution in [0.1, 0.15) is 128 Å². The minimum Gasteiger partial charge on any atom is -0.399 e. The summed E-state index contributed by atoms with van der Waals surface area (Å²) in [7, 11) is 0. The lowest BCUT2D eigenvalue weighted by Crippen LogP contribution is -2.24. The van der Waals surface area contributed by atoms with Crippen LogP contribution in [0, 0.1) is 34.0 Å². The molecule has 111 heavy (non-hydrogen) atoms. The summed E-state index contributed by atoms with van der Waals surface area (Å²) >= 11 is 10.7. The molecule has 0 aliphatic carbocycles. The van der Waals surface area contributed by atoms with Gasteiger partial charge in [-0.2, -0.15) is 15.8 Å². The standard InChI is InChI=1S/C36H36N6O2.C28H18N4O2.C14H8Cl2O2.C7H6N2.C4H12N2/c43-35(41-31-9-5-7-29(23-31)33-37-19-1-2-20-38-33)27-15-11-25(12-16-27)26-13-17-28(18-14-26)36(44)42-32-10-6-8-30(24-32)34-39-21-3-4-22-40-34;29-17-19-3-1-5-25(15-19)31-27(33)23-11-7-21(8-12-23)22-9-13-24(14-10-22)28(34)32-26-6-2-4-20(16-26)18-30;15-13(17)11-5-1-9(2-6-11)10-3-7-12(8-4-10)14(16)18;8-5-6-2-1-3-7(9)4-6;5-3-1-2-4-6/h5-18,23-24H,1-4,19-22H2,(H,37,38)(H,39,40)(H,41,43)(H,42,44);1-16H,(H,31,33)(H,32,34);1-8H;1-4H,9H2;1-6H2. The fourth-order valence-corrected chi connectivity index (χ4v) is 11.4. The molecule has 11 aromatic rings. The lowest BCUT2D eigenvalue weighted by atomic mass is 10.0. The van der Waals surface area contributed by atoms with E-state index >= 15 is 0 Å². The van der Waals surface area contributed by atoms with Gasteiger partial charge in [0, 0.05) is 99.1 Å². The first-order valence-corrected chi connectivity index (χ1v) is 36.5. The molecule has 0 radical (unpaired) electrons. The SMILES string of the molecule is N#Cc1cccc(N)c1.N#Cc1cccc(NC(=O)c2ccc(-c3ccc(C(=O)Nc4cccc(C#N)c4)cc3)cc2)c1.NCCCCN.O=C(Cl)c1ccc(-c2ccc(C(=O)Cl)cc2)cc1.O=C(Nc1cccc(C2=NCCCCN2)c1)c1ccc(-c2ccc(C(=O)Nc3cccc(C4=NCCCCN4)c3)cc2)cc1. The van der Waals surface area contributed by atoms with Crippen LogP contribution >= 0.6 is 23.2 Å². The van der Waals surface area contributed by atoms with Crippen LogP contribution in [-0.4, -0.2) is 85.1 Å². The number of nitrogens with two attached hydrogens (primary N) is 3. The Morgan fingerprint density at radius 3 is 0.883 bits per heavy atom. The summed E-state index contributed by atoms with van der Waals surface area (Å²) in [5.74, 6) is 0.852. The van der Waals surface area contributed by atoms with Crippen molar-refractivity contribution in [1.29, 1.82) is 15.8 Å². The molecule has 22 heteroatoms. The Hall–Kier alpha value is -13.7. The van der Waals surface area contributed by atoms with Crippen LogP contribution in [0.5, 0.6) is 0 Å². The fraction of sp³-hybridized carbons (Fsp3) is 0.135. The van der Waals surface area contributed by atoms with Gasteiger partial charge in [-0.25, -0.2) is 0 Å². The second-order valence-corrected chi connectivity index (χ2v) is 25.8. The number of rotatable bonds is 18. The Balaban J connectivity index is 0.000000185. The zero-order valence-electron chi connectivity index (χ0n) is 60.6. The number of unbranched alkanes of at least 4 members (excludes halogenated alkanes) is 1. The van der Waals surface area contributed by atoms with Crippen molar-refractivity contribution in [2.75, 3.05) is 66.3 Å². The molecule has 13 rings (SSSR count). The minimum absolute atomic E-state index is 0.178. The third-order valence-electron chi connectivity index (χ3n) is 17.1. The molecule has 4 amide bonds. The van der Waals surface area contributed by atoms with E-state index in [1.807, 2.05) is 140 Å². The first-order chi connectivity index (χ1) is 54.0. The molecule has 0 saturated carbocycles. The molecule has 20 nitrogen and oxygen atoms in total. The van der Waals surface area contributed by atoms with E-state index in [1.165, 1.54) is 0 Å². The fourth-order valence-electron chi connectivity index (χ4n) is 11.1. The second kappa shape index (κ2) is 42.6. The maximum Gasteiger partial charge on any atom is 0.255 e. The van der Waals surface area contributed by atoms with Gasteiger partial charge in [-0.3, -0.25) is 38.8 Å². The molecule has 556 valence electrons. The summed E-state index contributed by atoms with van der Waals surface area (Å²) in [5.41, 5.74) is 31.0. The number of carbonyl (C=O) groups is 6. The monoisotopic (exact) mass is 1510 g/mol. The predicted molar refractivity (Wildman–Crippen MR) is 443 cm³/mol. The van der Waals surface area contributed by atoms with Crippen LogP contribution in [0.3, 0.4) is 0 Å². The highest BCUT2D eigenvalue weighted by molar-refractivity contribution is 6.68. The first kappa shape index (κ1) is 81.4. The highest BCUT2D eigenvalue weighted by atomic mass is 35.5. The van der Waals surface area contributed by atoms with Crippen molar-refractivity contribution < 1.29 is 28.8 Å². The number of hydrogen-bond donors (Lipinski definition) is 9. The molecular weight excluding hydrogens is 1430 g/mol. The zero-order chi connectivity index (χ0) is 78.7.